The van der Waals surface area contributed by atoms with Crippen molar-refractivity contribution >= 4 is 0 Å². The molecule has 0 aromatic heterocycles. The van der Waals surface area contributed by atoms with Gasteiger partial charge in [0.2, 0.25) is 0 Å². The Kier molecular flexibility index (Phi) is 6.30. The lowest BCUT2D eigenvalue weighted by Gasteiger charge is -2.64. The molecule has 4 rings (SSSR count). The van der Waals surface area contributed by atoms with Gasteiger partial charge < -0.3 is 15.3 Å². The number of aliphatic hydroxyl groups excluding tert-OH is 1. The first-order valence-electron chi connectivity index (χ1n) is 13.4. The minimum absolute atomic E-state index is 0.0607. The molecule has 4 aliphatic carbocycles. The second kappa shape index (κ2) is 8.24. The van der Waals surface area contributed by atoms with Crippen molar-refractivity contribution in [2.24, 2.45) is 46.3 Å². The molecule has 32 heavy (non-hydrogen) atoms. The normalized spacial score (nSPS) is 50.2. The van der Waals surface area contributed by atoms with Crippen molar-refractivity contribution in [2.75, 3.05) is 0 Å². The number of rotatable bonds is 5. The van der Waals surface area contributed by atoms with Crippen LogP contribution in [0.5, 0.6) is 0 Å². The van der Waals surface area contributed by atoms with Crippen molar-refractivity contribution < 1.29 is 15.3 Å². The van der Waals surface area contributed by atoms with Crippen LogP contribution < -0.4 is 0 Å². The monoisotopic (exact) mass is 444 g/mol. The van der Waals surface area contributed by atoms with Crippen LogP contribution in [0.25, 0.3) is 0 Å². The Morgan fingerprint density at radius 1 is 0.938 bits per heavy atom. The fourth-order valence-electron chi connectivity index (χ4n) is 8.90. The first-order valence-corrected chi connectivity index (χ1v) is 13.4. The maximum atomic E-state index is 12.3. The first-order chi connectivity index (χ1) is 14.9. The molecule has 10 atom stereocenters. The van der Waals surface area contributed by atoms with Crippen LogP contribution in [0.1, 0.15) is 92.9 Å². The van der Waals surface area contributed by atoms with E-state index in [2.05, 4.69) is 53.7 Å². The number of fused-ring (bicyclic) bond motifs is 5. The zero-order valence-electron chi connectivity index (χ0n) is 21.3. The van der Waals surface area contributed by atoms with Crippen LogP contribution in [0.3, 0.4) is 0 Å². The van der Waals surface area contributed by atoms with E-state index in [9.17, 15) is 15.3 Å². The lowest BCUT2D eigenvalue weighted by atomic mass is 9.43. The van der Waals surface area contributed by atoms with Crippen molar-refractivity contribution in [3.05, 3.63) is 24.3 Å². The molecule has 0 radical (unpaired) electrons. The van der Waals surface area contributed by atoms with E-state index in [4.69, 9.17) is 0 Å². The average molecular weight is 445 g/mol. The molecule has 3 fully saturated rings. The third-order valence-electron chi connectivity index (χ3n) is 11.0. The van der Waals surface area contributed by atoms with Crippen molar-refractivity contribution in [2.45, 2.75) is 110 Å². The second-order valence-electron chi connectivity index (χ2n) is 12.9. The molecule has 0 unspecified atom stereocenters. The highest BCUT2D eigenvalue weighted by Crippen LogP contribution is 2.68. The molecule has 0 aliphatic heterocycles. The van der Waals surface area contributed by atoms with Gasteiger partial charge in [-0.3, -0.25) is 0 Å². The Bertz CT molecular complexity index is 758. The molecule has 3 N–H and O–H groups in total. The number of aliphatic hydroxyl groups is 3. The molecule has 182 valence electrons. The van der Waals surface area contributed by atoms with E-state index in [1.54, 1.807) is 0 Å². The summed E-state index contributed by atoms with van der Waals surface area (Å²) >= 11 is 0. The average Bonchev–Trinajstić information content (AvgIpc) is 3.08. The molecule has 0 spiro atoms. The van der Waals surface area contributed by atoms with Crippen LogP contribution in [0.4, 0.5) is 0 Å². The van der Waals surface area contributed by atoms with Gasteiger partial charge in [-0.15, -0.1) is 0 Å². The largest absolute Gasteiger partial charge is 0.393 e. The summed E-state index contributed by atoms with van der Waals surface area (Å²) in [6, 6.07) is 0. The highest BCUT2D eigenvalue weighted by atomic mass is 16.3. The van der Waals surface area contributed by atoms with Crippen LogP contribution in [-0.4, -0.2) is 32.6 Å². The smallest absolute Gasteiger partial charge is 0.0910 e. The maximum absolute atomic E-state index is 12.3. The standard InChI is InChI=1S/C29H48O3/c1-7-21(19(2)3)9-8-20(4)23-10-11-24-26(23,5)14-13-25-27(6)15-12-22(30)18-28(27,31)16-17-29(24,25)32/h8-9,16-17,19-25,30-32H,7,10-15,18H2,1-6H3/b9-8+/t20-,21-,22+,23-,24-,25-,26-,27-,28-,29+/m1/s1. The summed E-state index contributed by atoms with van der Waals surface area (Å²) in [7, 11) is 0. The van der Waals surface area contributed by atoms with Gasteiger partial charge in [-0.25, -0.2) is 0 Å². The fourth-order valence-corrected chi connectivity index (χ4v) is 8.90. The number of allylic oxidation sites excluding steroid dienone is 2. The molecule has 0 saturated heterocycles. The summed E-state index contributed by atoms with van der Waals surface area (Å²) in [6.45, 7) is 13.9. The van der Waals surface area contributed by atoms with Gasteiger partial charge in [-0.1, -0.05) is 65.8 Å². The maximum Gasteiger partial charge on any atom is 0.0910 e. The van der Waals surface area contributed by atoms with Crippen molar-refractivity contribution in [1.82, 2.24) is 0 Å². The summed E-state index contributed by atoms with van der Waals surface area (Å²) in [5.74, 6) is 2.73. The summed E-state index contributed by atoms with van der Waals surface area (Å²) in [5, 5.41) is 34.1. The molecule has 0 aromatic carbocycles. The third kappa shape index (κ3) is 3.48. The number of hydrogen-bond acceptors (Lipinski definition) is 3. The summed E-state index contributed by atoms with van der Waals surface area (Å²) < 4.78 is 0. The van der Waals surface area contributed by atoms with Gasteiger partial charge in [0.25, 0.3) is 0 Å². The highest BCUT2D eigenvalue weighted by Gasteiger charge is 2.68. The summed E-state index contributed by atoms with van der Waals surface area (Å²) in [4.78, 5) is 0. The van der Waals surface area contributed by atoms with E-state index in [1.165, 1.54) is 12.8 Å². The van der Waals surface area contributed by atoms with E-state index in [0.717, 1.165) is 32.1 Å². The van der Waals surface area contributed by atoms with Gasteiger partial charge in [0.15, 0.2) is 0 Å². The van der Waals surface area contributed by atoms with Gasteiger partial charge in [-0.05, 0) is 80.0 Å². The SMILES string of the molecule is CC[C@H](/C=C/[C@@H](C)[C@H]1CC[C@H]2[C@@]3(O)C=C[C@@]4(O)C[C@@H](O)CC[C@]4(C)[C@H]3CC[C@]12C)C(C)C. The topological polar surface area (TPSA) is 60.7 Å². The predicted octanol–water partition coefficient (Wildman–Crippen LogP) is 5.89. The molecule has 0 amide bonds. The Hall–Kier alpha value is -0.640. The molecule has 0 heterocycles. The van der Waals surface area contributed by atoms with Crippen LogP contribution in [0.15, 0.2) is 24.3 Å². The van der Waals surface area contributed by atoms with E-state index in [1.807, 2.05) is 12.2 Å². The minimum Gasteiger partial charge on any atom is -0.393 e. The Morgan fingerprint density at radius 2 is 1.66 bits per heavy atom. The second-order valence-corrected chi connectivity index (χ2v) is 12.9. The van der Waals surface area contributed by atoms with Crippen molar-refractivity contribution in [3.63, 3.8) is 0 Å². The lowest BCUT2D eigenvalue weighted by molar-refractivity contribution is -0.220. The van der Waals surface area contributed by atoms with E-state index in [0.29, 0.717) is 30.1 Å². The van der Waals surface area contributed by atoms with Gasteiger partial charge in [-0.2, -0.15) is 0 Å². The van der Waals surface area contributed by atoms with E-state index >= 15 is 0 Å². The predicted molar refractivity (Wildman–Crippen MR) is 131 cm³/mol. The zero-order chi connectivity index (χ0) is 23.5. The van der Waals surface area contributed by atoms with E-state index in [-0.39, 0.29) is 22.7 Å². The molecular weight excluding hydrogens is 396 g/mol. The van der Waals surface area contributed by atoms with Gasteiger partial charge in [0.05, 0.1) is 17.3 Å². The van der Waals surface area contributed by atoms with Crippen LogP contribution in [0.2, 0.25) is 0 Å². The zero-order valence-corrected chi connectivity index (χ0v) is 21.3. The Morgan fingerprint density at radius 3 is 2.31 bits per heavy atom. The molecule has 3 nitrogen and oxygen atoms in total. The first kappa shape index (κ1) is 24.5. The van der Waals surface area contributed by atoms with Crippen LogP contribution in [0, 0.1) is 46.3 Å². The molecule has 3 saturated carbocycles. The fraction of sp³-hybridized carbons (Fsp3) is 0.862. The molecule has 0 bridgehead atoms. The van der Waals surface area contributed by atoms with Gasteiger partial charge in [0, 0.05) is 17.8 Å². The Labute approximate surface area is 196 Å². The Balaban J connectivity index is 1.61. The quantitative estimate of drug-likeness (QED) is 0.464. The van der Waals surface area contributed by atoms with Gasteiger partial charge in [0.1, 0.15) is 0 Å². The minimum atomic E-state index is -1.00. The van der Waals surface area contributed by atoms with E-state index < -0.39 is 17.3 Å². The molecule has 4 aliphatic rings. The van der Waals surface area contributed by atoms with Crippen molar-refractivity contribution in [3.8, 4) is 0 Å². The molecular formula is C29H48O3. The lowest BCUT2D eigenvalue weighted by Crippen LogP contribution is -2.67. The third-order valence-corrected chi connectivity index (χ3v) is 11.0. The highest BCUT2D eigenvalue weighted by molar-refractivity contribution is 5.31. The van der Waals surface area contributed by atoms with Crippen molar-refractivity contribution in [1.29, 1.82) is 0 Å². The molecule has 0 aromatic rings. The van der Waals surface area contributed by atoms with Crippen LogP contribution in [-0.2, 0) is 0 Å². The molecule has 3 heteroatoms. The van der Waals surface area contributed by atoms with Crippen LogP contribution >= 0.6 is 0 Å². The van der Waals surface area contributed by atoms with Gasteiger partial charge >= 0.3 is 0 Å². The summed E-state index contributed by atoms with van der Waals surface area (Å²) in [5.41, 5.74) is -2.10. The number of hydrogen-bond donors (Lipinski definition) is 3. The summed E-state index contributed by atoms with van der Waals surface area (Å²) in [6.07, 6.45) is 15.7.